The molecule has 1 N–H and O–H groups in total. The first-order chi connectivity index (χ1) is 8.97. The Hall–Kier alpha value is -0.900. The van der Waals surface area contributed by atoms with E-state index in [2.05, 4.69) is 37.8 Å². The second-order valence-corrected chi connectivity index (χ2v) is 6.31. The molecular weight excluding hydrogens is 238 g/mol. The molecule has 2 atom stereocenters. The van der Waals surface area contributed by atoms with Crippen molar-refractivity contribution in [1.82, 2.24) is 4.90 Å². The maximum atomic E-state index is 10.1. The molecule has 1 fully saturated rings. The van der Waals surface area contributed by atoms with Gasteiger partial charge in [-0.05, 0) is 32.8 Å². The number of aliphatic hydroxyl groups excluding tert-OH is 1. The number of ether oxygens (including phenoxy) is 1. The Morgan fingerprint density at radius 3 is 2.58 bits per heavy atom. The number of likely N-dealkylation sites (tertiary alicyclic amines) is 1. The first-order valence-electron chi connectivity index (χ1n) is 7.05. The van der Waals surface area contributed by atoms with Crippen LogP contribution in [0.15, 0.2) is 30.3 Å². The molecule has 1 saturated heterocycles. The molecule has 1 aromatic carbocycles. The Morgan fingerprint density at radius 2 is 1.95 bits per heavy atom. The fourth-order valence-electron chi connectivity index (χ4n) is 2.45. The molecular formula is C16H25NO2. The lowest BCUT2D eigenvalue weighted by Gasteiger charge is -2.43. The van der Waals surface area contributed by atoms with Crippen LogP contribution in [-0.2, 0) is 11.3 Å². The van der Waals surface area contributed by atoms with E-state index in [4.69, 9.17) is 4.74 Å². The molecule has 3 nitrogen and oxygen atoms in total. The quantitative estimate of drug-likeness (QED) is 0.909. The minimum Gasteiger partial charge on any atom is -0.390 e. The summed E-state index contributed by atoms with van der Waals surface area (Å²) in [6.07, 6.45) is 0.354. The van der Waals surface area contributed by atoms with E-state index in [1.807, 2.05) is 18.2 Å². The van der Waals surface area contributed by atoms with Crippen molar-refractivity contribution in [2.24, 2.45) is 0 Å². The highest BCUT2D eigenvalue weighted by molar-refractivity contribution is 5.13. The Labute approximate surface area is 116 Å². The fourth-order valence-corrected chi connectivity index (χ4v) is 2.45. The van der Waals surface area contributed by atoms with Gasteiger partial charge in [-0.3, -0.25) is 4.90 Å². The molecule has 106 valence electrons. The Morgan fingerprint density at radius 1 is 1.26 bits per heavy atom. The number of piperidine rings is 1. The summed E-state index contributed by atoms with van der Waals surface area (Å²) in [5.74, 6) is 0. The molecule has 0 spiro atoms. The van der Waals surface area contributed by atoms with Crippen molar-refractivity contribution in [2.75, 3.05) is 13.1 Å². The summed E-state index contributed by atoms with van der Waals surface area (Å²) in [7, 11) is 0. The number of hydrogen-bond donors (Lipinski definition) is 1. The highest BCUT2D eigenvalue weighted by atomic mass is 16.5. The van der Waals surface area contributed by atoms with E-state index in [1.165, 1.54) is 0 Å². The molecule has 0 bridgehead atoms. The summed E-state index contributed by atoms with van der Waals surface area (Å²) >= 11 is 0. The smallest absolute Gasteiger partial charge is 0.0965 e. The number of hydrogen-bond acceptors (Lipinski definition) is 3. The van der Waals surface area contributed by atoms with E-state index < -0.39 is 0 Å². The molecule has 2 rings (SSSR count). The van der Waals surface area contributed by atoms with Crippen LogP contribution in [0.2, 0.25) is 0 Å². The standard InChI is InChI=1S/C16H25NO2/c1-16(2,3)17-10-9-14(18)15(11-17)19-12-13-7-5-4-6-8-13/h4-8,14-15,18H,9-12H2,1-3H3. The average Bonchev–Trinajstić information content (AvgIpc) is 2.37. The highest BCUT2D eigenvalue weighted by Crippen LogP contribution is 2.22. The largest absolute Gasteiger partial charge is 0.390 e. The molecule has 1 aliphatic rings. The van der Waals surface area contributed by atoms with E-state index in [9.17, 15) is 5.11 Å². The minimum atomic E-state index is -0.345. The SMILES string of the molecule is CC(C)(C)N1CCC(O)C(OCc2ccccc2)C1. The van der Waals surface area contributed by atoms with Gasteiger partial charge in [0.1, 0.15) is 0 Å². The predicted octanol–water partition coefficient (Wildman–Crippen LogP) is 2.44. The van der Waals surface area contributed by atoms with E-state index in [-0.39, 0.29) is 17.7 Å². The van der Waals surface area contributed by atoms with Crippen LogP contribution in [0.25, 0.3) is 0 Å². The van der Waals surface area contributed by atoms with Crippen molar-refractivity contribution in [3.63, 3.8) is 0 Å². The van der Waals surface area contributed by atoms with E-state index >= 15 is 0 Å². The zero-order chi connectivity index (χ0) is 13.9. The summed E-state index contributed by atoms with van der Waals surface area (Å²) in [4.78, 5) is 2.38. The summed E-state index contributed by atoms with van der Waals surface area (Å²) in [6.45, 7) is 8.94. The molecule has 2 unspecified atom stereocenters. The molecule has 1 aliphatic heterocycles. The van der Waals surface area contributed by atoms with E-state index in [1.54, 1.807) is 0 Å². The van der Waals surface area contributed by atoms with Gasteiger partial charge in [-0.2, -0.15) is 0 Å². The van der Waals surface area contributed by atoms with Gasteiger partial charge in [0, 0.05) is 18.6 Å². The third kappa shape index (κ3) is 4.03. The van der Waals surface area contributed by atoms with Gasteiger partial charge in [0.2, 0.25) is 0 Å². The second kappa shape index (κ2) is 6.04. The Bertz CT molecular complexity index is 385. The Kier molecular flexibility index (Phi) is 4.61. The number of aliphatic hydroxyl groups is 1. The van der Waals surface area contributed by atoms with Gasteiger partial charge in [-0.1, -0.05) is 30.3 Å². The molecule has 0 aromatic heterocycles. The molecule has 0 saturated carbocycles. The van der Waals surface area contributed by atoms with E-state index in [0.29, 0.717) is 6.61 Å². The lowest BCUT2D eigenvalue weighted by molar-refractivity contribution is -0.101. The molecule has 19 heavy (non-hydrogen) atoms. The molecule has 0 aliphatic carbocycles. The summed E-state index contributed by atoms with van der Waals surface area (Å²) in [5.41, 5.74) is 1.29. The third-order valence-corrected chi connectivity index (χ3v) is 3.78. The highest BCUT2D eigenvalue weighted by Gasteiger charge is 2.33. The van der Waals surface area contributed by atoms with Gasteiger partial charge < -0.3 is 9.84 Å². The fraction of sp³-hybridized carbons (Fsp3) is 0.625. The maximum absolute atomic E-state index is 10.1. The number of rotatable bonds is 3. The van der Waals surface area contributed by atoms with Gasteiger partial charge in [0.05, 0.1) is 18.8 Å². The summed E-state index contributed by atoms with van der Waals surface area (Å²) in [5, 5.41) is 10.1. The maximum Gasteiger partial charge on any atom is 0.0965 e. The van der Waals surface area contributed by atoms with Crippen LogP contribution >= 0.6 is 0 Å². The third-order valence-electron chi connectivity index (χ3n) is 3.78. The molecule has 3 heteroatoms. The van der Waals surface area contributed by atoms with Crippen LogP contribution in [0.1, 0.15) is 32.8 Å². The van der Waals surface area contributed by atoms with Crippen LogP contribution in [0, 0.1) is 0 Å². The summed E-state index contributed by atoms with van der Waals surface area (Å²) in [6, 6.07) is 10.1. The van der Waals surface area contributed by atoms with Crippen molar-refractivity contribution in [3.8, 4) is 0 Å². The van der Waals surface area contributed by atoms with Gasteiger partial charge >= 0.3 is 0 Å². The monoisotopic (exact) mass is 263 g/mol. The lowest BCUT2D eigenvalue weighted by atomic mass is 9.97. The topological polar surface area (TPSA) is 32.7 Å². The zero-order valence-corrected chi connectivity index (χ0v) is 12.2. The molecule has 1 aromatic rings. The normalized spacial score (nSPS) is 25.5. The van der Waals surface area contributed by atoms with Crippen LogP contribution in [0.5, 0.6) is 0 Å². The van der Waals surface area contributed by atoms with Gasteiger partial charge in [0.25, 0.3) is 0 Å². The summed E-state index contributed by atoms with van der Waals surface area (Å²) < 4.78 is 5.92. The van der Waals surface area contributed by atoms with Crippen molar-refractivity contribution in [2.45, 2.75) is 51.5 Å². The molecule has 0 amide bonds. The van der Waals surface area contributed by atoms with Gasteiger partial charge in [-0.25, -0.2) is 0 Å². The second-order valence-electron chi connectivity index (χ2n) is 6.31. The van der Waals surface area contributed by atoms with Crippen molar-refractivity contribution in [3.05, 3.63) is 35.9 Å². The van der Waals surface area contributed by atoms with Crippen LogP contribution in [0.4, 0.5) is 0 Å². The number of nitrogens with zero attached hydrogens (tertiary/aromatic N) is 1. The van der Waals surface area contributed by atoms with E-state index in [0.717, 1.165) is 25.1 Å². The zero-order valence-electron chi connectivity index (χ0n) is 12.2. The van der Waals surface area contributed by atoms with Gasteiger partial charge in [-0.15, -0.1) is 0 Å². The predicted molar refractivity (Wildman–Crippen MR) is 77.0 cm³/mol. The minimum absolute atomic E-state index is 0.0896. The first-order valence-corrected chi connectivity index (χ1v) is 7.05. The van der Waals surface area contributed by atoms with Gasteiger partial charge in [0.15, 0.2) is 0 Å². The van der Waals surface area contributed by atoms with Crippen LogP contribution in [0.3, 0.4) is 0 Å². The van der Waals surface area contributed by atoms with Crippen molar-refractivity contribution < 1.29 is 9.84 Å². The lowest BCUT2D eigenvalue weighted by Crippen LogP contribution is -2.54. The first kappa shape index (κ1) is 14.5. The molecule has 0 radical (unpaired) electrons. The van der Waals surface area contributed by atoms with Crippen LogP contribution < -0.4 is 0 Å². The number of benzene rings is 1. The Balaban J connectivity index is 1.91. The molecule has 1 heterocycles. The van der Waals surface area contributed by atoms with Crippen LogP contribution in [-0.4, -0.2) is 40.8 Å². The van der Waals surface area contributed by atoms with Crippen molar-refractivity contribution in [1.29, 1.82) is 0 Å². The average molecular weight is 263 g/mol. The van der Waals surface area contributed by atoms with Crippen molar-refractivity contribution >= 4 is 0 Å².